The summed E-state index contributed by atoms with van der Waals surface area (Å²) >= 11 is -1.86. The SMILES string of the molecule is Cn1nccc1[S+]([O-])C(C)(F)C1CCN(C(=O)Nc2ccc(F)nc2)CC1. The number of hydrogen-bond donors (Lipinski definition) is 1. The van der Waals surface area contributed by atoms with Crippen molar-refractivity contribution in [2.75, 3.05) is 18.4 Å². The molecule has 1 N–H and O–H groups in total. The fourth-order valence-electron chi connectivity index (χ4n) is 3.15. The minimum Gasteiger partial charge on any atom is -0.608 e. The van der Waals surface area contributed by atoms with Crippen molar-refractivity contribution in [3.63, 3.8) is 0 Å². The van der Waals surface area contributed by atoms with Crippen LogP contribution in [-0.2, 0) is 18.2 Å². The number of rotatable bonds is 4. The molecule has 2 amide bonds. The highest BCUT2D eigenvalue weighted by molar-refractivity contribution is 7.92. The summed E-state index contributed by atoms with van der Waals surface area (Å²) in [4.78, 5) is 17.3. The lowest BCUT2D eigenvalue weighted by Crippen LogP contribution is -2.48. The Kier molecular flexibility index (Phi) is 5.66. The summed E-state index contributed by atoms with van der Waals surface area (Å²) < 4.78 is 42.2. The van der Waals surface area contributed by atoms with Gasteiger partial charge in [0.25, 0.3) is 5.00 Å². The Labute approximate surface area is 158 Å². The smallest absolute Gasteiger partial charge is 0.321 e. The Balaban J connectivity index is 1.58. The zero-order valence-electron chi connectivity index (χ0n) is 15.1. The number of hydrogen-bond acceptors (Lipinski definition) is 4. The number of aryl methyl sites for hydroxylation is 1. The van der Waals surface area contributed by atoms with Crippen molar-refractivity contribution in [2.24, 2.45) is 13.0 Å². The first-order valence-corrected chi connectivity index (χ1v) is 9.70. The molecule has 0 saturated carbocycles. The van der Waals surface area contributed by atoms with Gasteiger partial charge < -0.3 is 14.8 Å². The van der Waals surface area contributed by atoms with Crippen molar-refractivity contribution in [3.05, 3.63) is 36.5 Å². The van der Waals surface area contributed by atoms with Gasteiger partial charge in [0.05, 0.1) is 18.1 Å². The summed E-state index contributed by atoms with van der Waals surface area (Å²) in [6.07, 6.45) is 3.51. The van der Waals surface area contributed by atoms with E-state index >= 15 is 4.39 Å². The van der Waals surface area contributed by atoms with E-state index in [1.807, 2.05) is 0 Å². The largest absolute Gasteiger partial charge is 0.608 e. The van der Waals surface area contributed by atoms with Gasteiger partial charge in [-0.1, -0.05) is 0 Å². The van der Waals surface area contributed by atoms with Crippen LogP contribution < -0.4 is 5.32 Å². The molecule has 2 atom stereocenters. The zero-order valence-corrected chi connectivity index (χ0v) is 15.9. The molecule has 2 unspecified atom stereocenters. The highest BCUT2D eigenvalue weighted by atomic mass is 32.2. The van der Waals surface area contributed by atoms with Crippen LogP contribution in [0, 0.1) is 11.9 Å². The lowest BCUT2D eigenvalue weighted by atomic mass is 9.92. The minimum absolute atomic E-state index is 0.337. The maximum absolute atomic E-state index is 15.3. The van der Waals surface area contributed by atoms with Crippen LogP contribution in [0.2, 0.25) is 0 Å². The molecule has 3 heterocycles. The highest BCUT2D eigenvalue weighted by Crippen LogP contribution is 2.39. The van der Waals surface area contributed by atoms with Crippen LogP contribution >= 0.6 is 0 Å². The van der Waals surface area contributed by atoms with Gasteiger partial charge in [0.2, 0.25) is 11.0 Å². The second-order valence-electron chi connectivity index (χ2n) is 6.61. The summed E-state index contributed by atoms with van der Waals surface area (Å²) in [5.74, 6) is -1.07. The number of nitrogens with zero attached hydrogens (tertiary/aromatic N) is 4. The monoisotopic (exact) mass is 397 g/mol. The molecule has 0 aromatic carbocycles. The molecule has 1 fully saturated rings. The molecule has 0 radical (unpaired) electrons. The first kappa shape index (κ1) is 19.6. The molecule has 27 heavy (non-hydrogen) atoms. The molecule has 2 aromatic heterocycles. The number of carbonyl (C=O) groups excluding carboxylic acids is 1. The van der Waals surface area contributed by atoms with E-state index in [1.165, 1.54) is 30.1 Å². The Morgan fingerprint density at radius 1 is 1.37 bits per heavy atom. The maximum atomic E-state index is 15.3. The van der Waals surface area contributed by atoms with Crippen LogP contribution in [0.25, 0.3) is 0 Å². The Hall–Kier alpha value is -2.20. The second kappa shape index (κ2) is 7.81. The topological polar surface area (TPSA) is 86.1 Å². The minimum atomic E-state index is -1.92. The van der Waals surface area contributed by atoms with Gasteiger partial charge in [-0.3, -0.25) is 0 Å². The number of aromatic nitrogens is 3. The lowest BCUT2D eigenvalue weighted by Gasteiger charge is -2.37. The van der Waals surface area contributed by atoms with Crippen LogP contribution in [-0.4, -0.2) is 48.3 Å². The van der Waals surface area contributed by atoms with E-state index in [2.05, 4.69) is 15.4 Å². The molecule has 1 aliphatic rings. The second-order valence-corrected chi connectivity index (χ2v) is 8.36. The van der Waals surface area contributed by atoms with Crippen molar-refractivity contribution in [1.29, 1.82) is 0 Å². The molecule has 3 rings (SSSR count). The molecule has 1 aliphatic heterocycles. The van der Waals surface area contributed by atoms with Gasteiger partial charge in [-0.15, -0.1) is 0 Å². The van der Waals surface area contributed by atoms with Crippen molar-refractivity contribution < 1.29 is 18.1 Å². The third kappa shape index (κ3) is 4.22. The third-order valence-electron chi connectivity index (χ3n) is 4.82. The molecule has 7 nitrogen and oxygen atoms in total. The van der Waals surface area contributed by atoms with E-state index in [-0.39, 0.29) is 6.03 Å². The standard InChI is InChI=1S/C17H21F2N5O2S/c1-17(19,27(26)15-5-8-21-23(15)2)12-6-9-24(10-7-12)16(25)22-13-3-4-14(18)20-11-13/h3-5,8,11-12H,6-7,9-10H2,1-2H3,(H,22,25). The Morgan fingerprint density at radius 2 is 2.07 bits per heavy atom. The van der Waals surface area contributed by atoms with Gasteiger partial charge in [0.15, 0.2) is 0 Å². The van der Waals surface area contributed by atoms with Gasteiger partial charge in [-0.2, -0.15) is 13.9 Å². The van der Waals surface area contributed by atoms with E-state index in [4.69, 9.17) is 0 Å². The average Bonchev–Trinajstić information content (AvgIpc) is 3.08. The normalized spacial score (nSPS) is 18.8. The van der Waals surface area contributed by atoms with E-state index in [1.54, 1.807) is 18.0 Å². The summed E-state index contributed by atoms with van der Waals surface area (Å²) in [5, 5.41) is 5.00. The first-order valence-electron chi connectivity index (χ1n) is 8.55. The van der Waals surface area contributed by atoms with Gasteiger partial charge in [0, 0.05) is 50.2 Å². The van der Waals surface area contributed by atoms with Crippen molar-refractivity contribution in [3.8, 4) is 0 Å². The number of nitrogens with one attached hydrogen (secondary N) is 1. The highest BCUT2D eigenvalue weighted by Gasteiger charge is 2.49. The van der Waals surface area contributed by atoms with Crippen molar-refractivity contribution >= 4 is 22.9 Å². The van der Waals surface area contributed by atoms with Crippen molar-refractivity contribution in [1.82, 2.24) is 19.7 Å². The lowest BCUT2D eigenvalue weighted by molar-refractivity contribution is 0.117. The molecule has 0 aliphatic carbocycles. The van der Waals surface area contributed by atoms with Gasteiger partial charge in [-0.25, -0.2) is 14.5 Å². The van der Waals surface area contributed by atoms with Gasteiger partial charge in [-0.05, 0) is 25.0 Å². The van der Waals surface area contributed by atoms with Crippen LogP contribution in [0.5, 0.6) is 0 Å². The number of pyridine rings is 1. The van der Waals surface area contributed by atoms with E-state index in [0.29, 0.717) is 36.6 Å². The van der Waals surface area contributed by atoms with Crippen molar-refractivity contribution in [2.45, 2.75) is 29.8 Å². The molecule has 10 heteroatoms. The van der Waals surface area contributed by atoms with Gasteiger partial charge >= 0.3 is 6.03 Å². The Bertz CT molecular complexity index is 791. The molecule has 2 aromatic rings. The quantitative estimate of drug-likeness (QED) is 0.635. The summed E-state index contributed by atoms with van der Waals surface area (Å²) in [6, 6.07) is 3.77. The third-order valence-corrected chi connectivity index (χ3v) is 6.66. The van der Waals surface area contributed by atoms with Crippen LogP contribution in [0.15, 0.2) is 35.6 Å². The van der Waals surface area contributed by atoms with Crippen LogP contribution in [0.4, 0.5) is 19.3 Å². The fourth-order valence-corrected chi connectivity index (χ4v) is 4.57. The molecule has 1 saturated heterocycles. The van der Waals surface area contributed by atoms with Crippen LogP contribution in [0.3, 0.4) is 0 Å². The number of anilines is 1. The summed E-state index contributed by atoms with van der Waals surface area (Å²) in [6.45, 7) is 2.03. The number of halogens is 2. The first-order chi connectivity index (χ1) is 12.8. The molecule has 146 valence electrons. The maximum Gasteiger partial charge on any atom is 0.321 e. The van der Waals surface area contributed by atoms with Gasteiger partial charge in [0.1, 0.15) is 0 Å². The number of likely N-dealkylation sites (tertiary alicyclic amines) is 1. The summed E-state index contributed by atoms with van der Waals surface area (Å²) in [7, 11) is 1.63. The zero-order chi connectivity index (χ0) is 19.6. The fraction of sp³-hybridized carbons (Fsp3) is 0.471. The molecule has 0 spiro atoms. The Morgan fingerprint density at radius 3 is 2.63 bits per heavy atom. The van der Waals surface area contributed by atoms with E-state index in [9.17, 15) is 13.7 Å². The van der Waals surface area contributed by atoms with E-state index in [0.717, 1.165) is 6.07 Å². The molecular formula is C17H21F2N5O2S. The molecule has 0 bridgehead atoms. The van der Waals surface area contributed by atoms with Crippen LogP contribution in [0.1, 0.15) is 19.8 Å². The van der Waals surface area contributed by atoms with E-state index < -0.39 is 28.0 Å². The average molecular weight is 397 g/mol. The number of amides is 2. The number of alkyl halides is 1. The number of carbonyl (C=O) groups is 1. The predicted molar refractivity (Wildman–Crippen MR) is 96.6 cm³/mol. The summed E-state index contributed by atoms with van der Waals surface area (Å²) in [5.41, 5.74) is 0.385. The predicted octanol–water partition coefficient (Wildman–Crippen LogP) is 2.69. The number of piperidine rings is 1. The molecular weight excluding hydrogens is 376 g/mol. The number of urea groups is 1.